The zero-order chi connectivity index (χ0) is 14.8. The van der Waals surface area contributed by atoms with Gasteiger partial charge in [-0.05, 0) is 44.4 Å². The van der Waals surface area contributed by atoms with E-state index in [2.05, 4.69) is 5.32 Å². The summed E-state index contributed by atoms with van der Waals surface area (Å²) in [6, 6.07) is -0.548. The lowest BCUT2D eigenvalue weighted by Gasteiger charge is -2.42. The van der Waals surface area contributed by atoms with Gasteiger partial charge in [0.25, 0.3) is 0 Å². The fourth-order valence-electron chi connectivity index (χ4n) is 4.35. The monoisotopic (exact) mass is 292 g/mol. The smallest absolute Gasteiger partial charge is 0.246 e. The van der Waals surface area contributed by atoms with Gasteiger partial charge < -0.3 is 10.2 Å². The van der Waals surface area contributed by atoms with Crippen molar-refractivity contribution >= 4 is 11.8 Å². The summed E-state index contributed by atoms with van der Waals surface area (Å²) < 4.78 is 0. The van der Waals surface area contributed by atoms with E-state index in [-0.39, 0.29) is 23.9 Å². The van der Waals surface area contributed by atoms with Gasteiger partial charge in [0.15, 0.2) is 0 Å². The molecule has 1 saturated heterocycles. The maximum Gasteiger partial charge on any atom is 0.246 e. The molecule has 3 rings (SSSR count). The summed E-state index contributed by atoms with van der Waals surface area (Å²) >= 11 is 0. The number of rotatable bonds is 3. The minimum absolute atomic E-state index is 0.0446. The van der Waals surface area contributed by atoms with E-state index in [1.54, 1.807) is 0 Å². The van der Waals surface area contributed by atoms with Crippen LogP contribution in [0.15, 0.2) is 0 Å². The van der Waals surface area contributed by atoms with Crippen LogP contribution in [0.3, 0.4) is 0 Å². The van der Waals surface area contributed by atoms with Gasteiger partial charge in [0.2, 0.25) is 11.8 Å². The molecule has 2 saturated carbocycles. The molecule has 1 N–H and O–H groups in total. The largest absolute Gasteiger partial charge is 0.342 e. The van der Waals surface area contributed by atoms with Gasteiger partial charge >= 0.3 is 0 Å². The van der Waals surface area contributed by atoms with E-state index >= 15 is 0 Å². The van der Waals surface area contributed by atoms with Gasteiger partial charge in [0.1, 0.15) is 12.1 Å². The molecular formula is C17H28N2O2. The van der Waals surface area contributed by atoms with E-state index in [1.165, 1.54) is 44.9 Å². The summed E-state index contributed by atoms with van der Waals surface area (Å²) in [5.41, 5.74) is 0. The molecule has 0 aromatic rings. The number of nitrogens with one attached hydrogen (secondary N) is 1. The predicted octanol–water partition coefficient (Wildman–Crippen LogP) is 2.47. The molecule has 2 unspecified atom stereocenters. The van der Waals surface area contributed by atoms with Gasteiger partial charge in [0.05, 0.1) is 0 Å². The second-order valence-electron chi connectivity index (χ2n) is 7.20. The van der Waals surface area contributed by atoms with E-state index in [4.69, 9.17) is 0 Å². The normalized spacial score (nSPS) is 32.5. The topological polar surface area (TPSA) is 49.4 Å². The van der Waals surface area contributed by atoms with Crippen LogP contribution in [-0.2, 0) is 9.59 Å². The van der Waals surface area contributed by atoms with Crippen molar-refractivity contribution in [2.24, 2.45) is 11.8 Å². The first-order chi connectivity index (χ1) is 10.2. The van der Waals surface area contributed by atoms with E-state index in [9.17, 15) is 9.59 Å². The second kappa shape index (κ2) is 6.37. The van der Waals surface area contributed by atoms with E-state index < -0.39 is 0 Å². The Labute approximate surface area is 127 Å². The zero-order valence-electron chi connectivity index (χ0n) is 13.1. The molecule has 0 bridgehead atoms. The molecule has 1 aliphatic heterocycles. The number of carbonyl (C=O) groups is 2. The standard InChI is InChI=1S/C17H28N2O2/c1-12-16(20)18-15(14-9-3-2-4-10-14)17(21)19(12)11-13-7-5-6-8-13/h12-15H,2-11H2,1H3,(H,18,20). The predicted molar refractivity (Wildman–Crippen MR) is 81.6 cm³/mol. The summed E-state index contributed by atoms with van der Waals surface area (Å²) in [6.07, 6.45) is 10.8. The molecule has 2 amide bonds. The van der Waals surface area contributed by atoms with Crippen molar-refractivity contribution < 1.29 is 9.59 Å². The first-order valence-corrected chi connectivity index (χ1v) is 8.77. The molecular weight excluding hydrogens is 264 g/mol. The van der Waals surface area contributed by atoms with Gasteiger partial charge in [-0.25, -0.2) is 0 Å². The molecule has 4 nitrogen and oxygen atoms in total. The number of carbonyl (C=O) groups excluding carboxylic acids is 2. The molecule has 2 aliphatic carbocycles. The van der Waals surface area contributed by atoms with Crippen LogP contribution in [0.25, 0.3) is 0 Å². The number of hydrogen-bond donors (Lipinski definition) is 1. The highest BCUT2D eigenvalue weighted by Crippen LogP contribution is 2.31. The van der Waals surface area contributed by atoms with Crippen molar-refractivity contribution in [1.29, 1.82) is 0 Å². The maximum absolute atomic E-state index is 12.9. The fourth-order valence-corrected chi connectivity index (χ4v) is 4.35. The van der Waals surface area contributed by atoms with Gasteiger partial charge in [-0.1, -0.05) is 32.1 Å². The summed E-state index contributed by atoms with van der Waals surface area (Å²) in [5, 5.41) is 3.01. The van der Waals surface area contributed by atoms with Gasteiger partial charge in [-0.15, -0.1) is 0 Å². The van der Waals surface area contributed by atoms with Crippen molar-refractivity contribution in [2.45, 2.75) is 76.8 Å². The lowest BCUT2D eigenvalue weighted by Crippen LogP contribution is -2.65. The molecule has 21 heavy (non-hydrogen) atoms. The third-order valence-electron chi connectivity index (χ3n) is 5.74. The van der Waals surface area contributed by atoms with Crippen LogP contribution < -0.4 is 5.32 Å². The molecule has 0 aromatic carbocycles. The van der Waals surface area contributed by atoms with Crippen molar-refractivity contribution in [1.82, 2.24) is 10.2 Å². The number of hydrogen-bond acceptors (Lipinski definition) is 2. The van der Waals surface area contributed by atoms with Crippen LogP contribution >= 0.6 is 0 Å². The van der Waals surface area contributed by atoms with E-state index in [0.29, 0.717) is 11.8 Å². The van der Waals surface area contributed by atoms with Crippen molar-refractivity contribution in [3.8, 4) is 0 Å². The van der Waals surface area contributed by atoms with Crippen LogP contribution in [0, 0.1) is 11.8 Å². The van der Waals surface area contributed by atoms with Crippen LogP contribution in [-0.4, -0.2) is 35.3 Å². The van der Waals surface area contributed by atoms with Crippen molar-refractivity contribution in [3.05, 3.63) is 0 Å². The van der Waals surface area contributed by atoms with Crippen LogP contribution in [0.5, 0.6) is 0 Å². The molecule has 3 aliphatic rings. The minimum Gasteiger partial charge on any atom is -0.342 e. The first kappa shape index (κ1) is 14.9. The third kappa shape index (κ3) is 3.09. The fraction of sp³-hybridized carbons (Fsp3) is 0.882. The molecule has 2 atom stereocenters. The minimum atomic E-state index is -0.294. The van der Waals surface area contributed by atoms with Crippen molar-refractivity contribution in [3.63, 3.8) is 0 Å². The second-order valence-corrected chi connectivity index (χ2v) is 7.20. The molecule has 0 radical (unpaired) electrons. The van der Waals surface area contributed by atoms with E-state index in [1.807, 2.05) is 11.8 Å². The number of nitrogens with zero attached hydrogens (tertiary/aromatic N) is 1. The van der Waals surface area contributed by atoms with Gasteiger partial charge in [-0.3, -0.25) is 9.59 Å². The summed E-state index contributed by atoms with van der Waals surface area (Å²) in [5.74, 6) is 1.19. The summed E-state index contributed by atoms with van der Waals surface area (Å²) in [7, 11) is 0. The highest BCUT2D eigenvalue weighted by atomic mass is 16.2. The number of piperazine rings is 1. The van der Waals surface area contributed by atoms with Crippen molar-refractivity contribution in [2.75, 3.05) is 6.54 Å². The Bertz CT molecular complexity index is 398. The summed E-state index contributed by atoms with van der Waals surface area (Å²) in [6.45, 7) is 2.66. The first-order valence-electron chi connectivity index (χ1n) is 8.77. The average Bonchev–Trinajstić information content (AvgIpc) is 3.01. The third-order valence-corrected chi connectivity index (χ3v) is 5.74. The van der Waals surface area contributed by atoms with E-state index in [0.717, 1.165) is 19.4 Å². The summed E-state index contributed by atoms with van der Waals surface area (Å²) in [4.78, 5) is 27.0. The van der Waals surface area contributed by atoms with Crippen LogP contribution in [0.2, 0.25) is 0 Å². The Morgan fingerprint density at radius 3 is 2.29 bits per heavy atom. The molecule has 4 heteroatoms. The lowest BCUT2D eigenvalue weighted by atomic mass is 9.82. The Kier molecular flexibility index (Phi) is 4.51. The molecule has 3 fully saturated rings. The Morgan fingerprint density at radius 2 is 1.62 bits per heavy atom. The van der Waals surface area contributed by atoms with Crippen LogP contribution in [0.1, 0.15) is 64.7 Å². The van der Waals surface area contributed by atoms with Crippen LogP contribution in [0.4, 0.5) is 0 Å². The molecule has 0 aromatic heterocycles. The Morgan fingerprint density at radius 1 is 1.00 bits per heavy atom. The maximum atomic E-state index is 12.9. The SMILES string of the molecule is CC1C(=O)NC(C2CCCCC2)C(=O)N1CC1CCCC1. The highest BCUT2D eigenvalue weighted by molar-refractivity contribution is 5.96. The zero-order valence-corrected chi connectivity index (χ0v) is 13.1. The molecule has 118 valence electrons. The quantitative estimate of drug-likeness (QED) is 0.868. The lowest BCUT2D eigenvalue weighted by molar-refractivity contribution is -0.151. The van der Waals surface area contributed by atoms with Gasteiger partial charge in [0, 0.05) is 6.54 Å². The Hall–Kier alpha value is -1.06. The Balaban J connectivity index is 1.70. The highest BCUT2D eigenvalue weighted by Gasteiger charge is 2.42. The molecule has 0 spiro atoms. The molecule has 1 heterocycles. The average molecular weight is 292 g/mol. The van der Waals surface area contributed by atoms with Gasteiger partial charge in [-0.2, -0.15) is 0 Å². The number of amides is 2.